The largest absolute Gasteiger partial charge is 0.505 e. The van der Waals surface area contributed by atoms with Crippen molar-refractivity contribution >= 4 is 44.0 Å². The van der Waals surface area contributed by atoms with Gasteiger partial charge in [-0.3, -0.25) is 4.79 Å². The number of aliphatic imine (C=N–C) groups is 1. The molecular formula is C17H11BrN2O2. The lowest BCUT2D eigenvalue weighted by molar-refractivity contribution is 0.106. The summed E-state index contributed by atoms with van der Waals surface area (Å²) in [5.41, 5.74) is 3.61. The molecule has 4 rings (SSSR count). The number of benzene rings is 2. The average molecular weight is 355 g/mol. The molecule has 108 valence electrons. The second-order valence-electron chi connectivity index (χ2n) is 5.35. The summed E-state index contributed by atoms with van der Waals surface area (Å²) in [5, 5.41) is 11.1. The summed E-state index contributed by atoms with van der Waals surface area (Å²) < 4.78 is 0.826. The Morgan fingerprint density at radius 2 is 2.00 bits per heavy atom. The highest BCUT2D eigenvalue weighted by atomic mass is 79.9. The highest BCUT2D eigenvalue weighted by molar-refractivity contribution is 9.10. The van der Waals surface area contributed by atoms with Crippen LogP contribution in [0.3, 0.4) is 0 Å². The number of aromatic amines is 1. The summed E-state index contributed by atoms with van der Waals surface area (Å²) in [4.78, 5) is 20.0. The molecule has 2 aromatic carbocycles. The van der Waals surface area contributed by atoms with Crippen LogP contribution in [-0.2, 0) is 0 Å². The van der Waals surface area contributed by atoms with Gasteiger partial charge in [-0.2, -0.15) is 0 Å². The maximum absolute atomic E-state index is 12.6. The number of nitrogens with one attached hydrogen (secondary N) is 1. The smallest absolute Gasteiger partial charge is 0.215 e. The van der Waals surface area contributed by atoms with Gasteiger partial charge < -0.3 is 10.1 Å². The molecule has 0 radical (unpaired) electrons. The second-order valence-corrected chi connectivity index (χ2v) is 6.26. The van der Waals surface area contributed by atoms with Crippen molar-refractivity contribution in [3.05, 3.63) is 57.7 Å². The van der Waals surface area contributed by atoms with Crippen LogP contribution in [0.5, 0.6) is 5.75 Å². The number of hydrogen-bond donors (Lipinski definition) is 2. The zero-order valence-electron chi connectivity index (χ0n) is 11.6. The number of hydrogen-bond acceptors (Lipinski definition) is 3. The van der Waals surface area contributed by atoms with Gasteiger partial charge in [0.05, 0.1) is 11.3 Å². The Hall–Kier alpha value is -2.40. The normalized spacial score (nSPS) is 13.5. The number of H-pyrrole nitrogens is 1. The Morgan fingerprint density at radius 3 is 2.82 bits per heavy atom. The van der Waals surface area contributed by atoms with E-state index in [-0.39, 0.29) is 17.2 Å². The summed E-state index contributed by atoms with van der Waals surface area (Å²) in [7, 11) is 0. The lowest BCUT2D eigenvalue weighted by Crippen LogP contribution is -2.11. The van der Waals surface area contributed by atoms with Gasteiger partial charge in [-0.05, 0) is 37.3 Å². The molecule has 0 aliphatic carbocycles. The third-order valence-electron chi connectivity index (χ3n) is 3.81. The number of fused-ring (bicyclic) bond motifs is 2. The van der Waals surface area contributed by atoms with Gasteiger partial charge in [0.15, 0.2) is 5.75 Å². The molecule has 5 heteroatoms. The van der Waals surface area contributed by atoms with Gasteiger partial charge in [0.1, 0.15) is 11.4 Å². The molecule has 3 aromatic rings. The molecule has 0 unspecified atom stereocenters. The number of carbonyl (C=O) groups is 1. The maximum atomic E-state index is 12.6. The first-order valence-corrected chi connectivity index (χ1v) is 7.58. The van der Waals surface area contributed by atoms with Crippen LogP contribution < -0.4 is 0 Å². The molecule has 1 aliphatic heterocycles. The fraction of sp³-hybridized carbons (Fsp3) is 0.0588. The van der Waals surface area contributed by atoms with Crippen LogP contribution in [0.15, 0.2) is 45.9 Å². The van der Waals surface area contributed by atoms with E-state index in [1.54, 1.807) is 12.1 Å². The van der Waals surface area contributed by atoms with Gasteiger partial charge >= 0.3 is 0 Å². The SMILES string of the molecule is Cc1ccc2[nH]c(C3=Nc4ccc(Br)cc4C3=O)c(O)c2c1. The number of aromatic hydroxyl groups is 1. The molecule has 0 bridgehead atoms. The molecule has 1 aliphatic rings. The lowest BCUT2D eigenvalue weighted by atomic mass is 10.1. The molecule has 1 aromatic heterocycles. The number of nitrogens with zero attached hydrogens (tertiary/aromatic N) is 1. The van der Waals surface area contributed by atoms with Crippen molar-refractivity contribution in [2.45, 2.75) is 6.92 Å². The number of ketones is 1. The van der Waals surface area contributed by atoms with Gasteiger partial charge in [-0.1, -0.05) is 27.6 Å². The number of Topliss-reactive ketones (excluding diaryl/α,β-unsaturated/α-hetero) is 1. The van der Waals surface area contributed by atoms with Crippen molar-refractivity contribution in [2.75, 3.05) is 0 Å². The first-order valence-electron chi connectivity index (χ1n) is 6.79. The van der Waals surface area contributed by atoms with E-state index in [0.29, 0.717) is 22.3 Å². The number of halogens is 1. The van der Waals surface area contributed by atoms with Crippen molar-refractivity contribution in [1.82, 2.24) is 4.98 Å². The van der Waals surface area contributed by atoms with Crippen LogP contribution in [0.4, 0.5) is 5.69 Å². The van der Waals surface area contributed by atoms with Crippen molar-refractivity contribution in [3.63, 3.8) is 0 Å². The predicted molar refractivity (Wildman–Crippen MR) is 89.4 cm³/mol. The van der Waals surface area contributed by atoms with Crippen molar-refractivity contribution < 1.29 is 9.90 Å². The summed E-state index contributed by atoms with van der Waals surface area (Å²) in [6.45, 7) is 1.96. The second kappa shape index (κ2) is 4.55. The first-order chi connectivity index (χ1) is 10.5. The highest BCUT2D eigenvalue weighted by Gasteiger charge is 2.29. The summed E-state index contributed by atoms with van der Waals surface area (Å²) in [6, 6.07) is 11.1. The van der Waals surface area contributed by atoms with Crippen LogP contribution in [0.2, 0.25) is 0 Å². The Kier molecular flexibility index (Phi) is 2.74. The molecular weight excluding hydrogens is 344 g/mol. The predicted octanol–water partition coefficient (Wildman–Crippen LogP) is 4.26. The summed E-state index contributed by atoms with van der Waals surface area (Å²) in [6.07, 6.45) is 0. The van der Waals surface area contributed by atoms with E-state index in [1.807, 2.05) is 31.2 Å². The molecule has 0 saturated carbocycles. The fourth-order valence-corrected chi connectivity index (χ4v) is 3.08. The van der Waals surface area contributed by atoms with E-state index >= 15 is 0 Å². The minimum atomic E-state index is -0.185. The minimum absolute atomic E-state index is 0.0673. The van der Waals surface area contributed by atoms with E-state index in [2.05, 4.69) is 25.9 Å². The number of rotatable bonds is 1. The van der Waals surface area contributed by atoms with Gasteiger partial charge in [-0.25, -0.2) is 4.99 Å². The van der Waals surface area contributed by atoms with E-state index < -0.39 is 0 Å². The van der Waals surface area contributed by atoms with Crippen LogP contribution in [0.25, 0.3) is 10.9 Å². The Balaban J connectivity index is 1.91. The molecule has 0 spiro atoms. The van der Waals surface area contributed by atoms with Crippen molar-refractivity contribution in [3.8, 4) is 5.75 Å². The molecule has 22 heavy (non-hydrogen) atoms. The Bertz CT molecular complexity index is 986. The summed E-state index contributed by atoms with van der Waals surface area (Å²) >= 11 is 3.36. The van der Waals surface area contributed by atoms with E-state index in [9.17, 15) is 9.90 Å². The van der Waals surface area contributed by atoms with Gasteiger partial charge in [0.2, 0.25) is 5.78 Å². The van der Waals surface area contributed by atoms with Gasteiger partial charge in [0.25, 0.3) is 0 Å². The third-order valence-corrected chi connectivity index (χ3v) is 4.31. The third kappa shape index (κ3) is 1.82. The number of carbonyl (C=O) groups excluding carboxylic acids is 1. The zero-order chi connectivity index (χ0) is 15.4. The number of aromatic nitrogens is 1. The molecule has 0 fully saturated rings. The quantitative estimate of drug-likeness (QED) is 0.685. The van der Waals surface area contributed by atoms with Gasteiger partial charge in [0, 0.05) is 15.4 Å². The summed E-state index contributed by atoms with van der Waals surface area (Å²) in [5.74, 6) is -0.118. The van der Waals surface area contributed by atoms with Crippen LogP contribution >= 0.6 is 15.9 Å². The van der Waals surface area contributed by atoms with Crippen LogP contribution in [0.1, 0.15) is 21.6 Å². The number of aryl methyl sites for hydroxylation is 1. The molecule has 4 nitrogen and oxygen atoms in total. The van der Waals surface area contributed by atoms with E-state index in [1.165, 1.54) is 0 Å². The first kappa shape index (κ1) is 13.3. The van der Waals surface area contributed by atoms with Crippen LogP contribution in [-0.4, -0.2) is 21.6 Å². The molecule has 2 N–H and O–H groups in total. The fourth-order valence-electron chi connectivity index (χ4n) is 2.72. The highest BCUT2D eigenvalue weighted by Crippen LogP contribution is 2.36. The lowest BCUT2D eigenvalue weighted by Gasteiger charge is -1.97. The van der Waals surface area contributed by atoms with E-state index in [0.717, 1.165) is 15.6 Å². The molecule has 0 atom stereocenters. The molecule has 2 heterocycles. The zero-order valence-corrected chi connectivity index (χ0v) is 13.2. The molecule has 0 amide bonds. The average Bonchev–Trinajstić information content (AvgIpc) is 2.98. The Labute approximate surface area is 134 Å². The minimum Gasteiger partial charge on any atom is -0.505 e. The maximum Gasteiger partial charge on any atom is 0.215 e. The standard InChI is InChI=1S/C17H11BrN2O2/c1-8-2-4-12-10(6-8)16(21)14(19-12)15-17(22)11-7-9(18)3-5-13(11)20-15/h2-7,19,21H,1H3. The Morgan fingerprint density at radius 1 is 1.18 bits per heavy atom. The van der Waals surface area contributed by atoms with Crippen molar-refractivity contribution in [2.24, 2.45) is 4.99 Å². The molecule has 0 saturated heterocycles. The van der Waals surface area contributed by atoms with E-state index in [4.69, 9.17) is 0 Å². The van der Waals surface area contributed by atoms with Crippen molar-refractivity contribution in [1.29, 1.82) is 0 Å². The van der Waals surface area contributed by atoms with Crippen LogP contribution in [0, 0.1) is 6.92 Å². The monoisotopic (exact) mass is 354 g/mol. The van der Waals surface area contributed by atoms with Gasteiger partial charge in [-0.15, -0.1) is 0 Å². The topological polar surface area (TPSA) is 65.5 Å².